The maximum absolute atomic E-state index is 13.0. The van der Waals surface area contributed by atoms with Crippen LogP contribution in [0.2, 0.25) is 0 Å². The fourth-order valence-corrected chi connectivity index (χ4v) is 4.77. The average molecular weight is 489 g/mol. The lowest BCUT2D eigenvalue weighted by Crippen LogP contribution is -2.39. The number of nitrogens with one attached hydrogen (secondary N) is 2. The van der Waals surface area contributed by atoms with Gasteiger partial charge in [-0.15, -0.1) is 0 Å². The van der Waals surface area contributed by atoms with Crippen LogP contribution in [0.1, 0.15) is 41.8 Å². The van der Waals surface area contributed by atoms with Crippen molar-refractivity contribution in [2.75, 3.05) is 33.2 Å². The minimum absolute atomic E-state index is 0.323. The van der Waals surface area contributed by atoms with Crippen molar-refractivity contribution in [1.29, 1.82) is 0 Å². The molecular weight excluding hydrogens is 460 g/mol. The number of carbonyl (C=O) groups is 2. The standard InChI is InChI=1S/C23H28N4O6S/c1-23(2,3)33-22(29)27-8-7-13-17(11-27)34-21(25-13)26-20(28)14-9-12-15(30-4)10-16(31-5)19(32-6)18(12)24-14/h9-10,24H,7-8,11H2,1-6H3,(H,25,26,28). The van der Waals surface area contributed by atoms with Crippen LogP contribution in [-0.2, 0) is 17.7 Å². The molecule has 1 aromatic carbocycles. The first-order valence-electron chi connectivity index (χ1n) is 10.7. The number of aromatic nitrogens is 2. The van der Waals surface area contributed by atoms with E-state index in [4.69, 9.17) is 18.9 Å². The summed E-state index contributed by atoms with van der Waals surface area (Å²) < 4.78 is 21.8. The van der Waals surface area contributed by atoms with Gasteiger partial charge in [-0.05, 0) is 26.8 Å². The first kappa shape index (κ1) is 23.7. The van der Waals surface area contributed by atoms with E-state index in [2.05, 4.69) is 15.3 Å². The maximum Gasteiger partial charge on any atom is 0.410 e. The zero-order valence-corrected chi connectivity index (χ0v) is 20.8. The van der Waals surface area contributed by atoms with Crippen LogP contribution >= 0.6 is 11.3 Å². The Kier molecular flexibility index (Phi) is 6.30. The van der Waals surface area contributed by atoms with Gasteiger partial charge in [0.2, 0.25) is 0 Å². The van der Waals surface area contributed by atoms with Crippen molar-refractivity contribution < 1.29 is 28.5 Å². The third-order valence-corrected chi connectivity index (χ3v) is 6.29. The Bertz CT molecular complexity index is 1240. The molecule has 0 saturated heterocycles. The number of rotatable bonds is 5. The van der Waals surface area contributed by atoms with Gasteiger partial charge in [0, 0.05) is 29.3 Å². The van der Waals surface area contributed by atoms with Crippen LogP contribution in [0.4, 0.5) is 9.93 Å². The monoisotopic (exact) mass is 488 g/mol. The van der Waals surface area contributed by atoms with Gasteiger partial charge in [-0.25, -0.2) is 9.78 Å². The van der Waals surface area contributed by atoms with Crippen molar-refractivity contribution in [3.63, 3.8) is 0 Å². The Balaban J connectivity index is 1.54. The molecule has 0 unspecified atom stereocenters. The highest BCUT2D eigenvalue weighted by Crippen LogP contribution is 2.41. The summed E-state index contributed by atoms with van der Waals surface area (Å²) in [7, 11) is 4.62. The number of nitrogens with zero attached hydrogens (tertiary/aromatic N) is 2. The summed E-state index contributed by atoms with van der Waals surface area (Å²) in [6.07, 6.45) is 0.246. The number of fused-ring (bicyclic) bond motifs is 2. The molecule has 2 N–H and O–H groups in total. The largest absolute Gasteiger partial charge is 0.496 e. The molecule has 0 atom stereocenters. The Labute approximate surface area is 201 Å². The highest BCUT2D eigenvalue weighted by atomic mass is 32.1. The topological polar surface area (TPSA) is 115 Å². The van der Waals surface area contributed by atoms with Gasteiger partial charge >= 0.3 is 6.09 Å². The fraction of sp³-hybridized carbons (Fsp3) is 0.435. The first-order valence-corrected chi connectivity index (χ1v) is 11.5. The van der Waals surface area contributed by atoms with Gasteiger partial charge in [-0.1, -0.05) is 11.3 Å². The molecular formula is C23H28N4O6S. The van der Waals surface area contributed by atoms with Crippen molar-refractivity contribution >= 4 is 39.4 Å². The Hall–Kier alpha value is -3.47. The van der Waals surface area contributed by atoms with E-state index >= 15 is 0 Å². The normalized spacial score (nSPS) is 13.4. The van der Waals surface area contributed by atoms with E-state index in [1.54, 1.807) is 24.1 Å². The lowest BCUT2D eigenvalue weighted by atomic mass is 10.2. The second kappa shape index (κ2) is 9.05. The molecule has 182 valence electrons. The first-order chi connectivity index (χ1) is 16.1. The number of hydrogen-bond donors (Lipinski definition) is 2. The SMILES string of the molecule is COc1cc(OC)c2cc(C(=O)Nc3nc4c(s3)CN(C(=O)OC(C)(C)C)CC4)[nH]c2c1OC. The summed E-state index contributed by atoms with van der Waals surface area (Å²) in [4.78, 5) is 35.7. The van der Waals surface area contributed by atoms with Crippen LogP contribution in [-0.4, -0.2) is 60.3 Å². The summed E-state index contributed by atoms with van der Waals surface area (Å²) in [5, 5.41) is 4.01. The van der Waals surface area contributed by atoms with E-state index in [9.17, 15) is 9.59 Å². The van der Waals surface area contributed by atoms with Crippen molar-refractivity contribution in [1.82, 2.24) is 14.9 Å². The predicted molar refractivity (Wildman–Crippen MR) is 128 cm³/mol. The molecule has 0 saturated carbocycles. The van der Waals surface area contributed by atoms with E-state index in [1.165, 1.54) is 25.6 Å². The number of methoxy groups -OCH3 is 3. The number of hydrogen-bond acceptors (Lipinski definition) is 8. The van der Waals surface area contributed by atoms with Crippen LogP contribution < -0.4 is 19.5 Å². The third kappa shape index (κ3) is 4.60. The molecule has 0 radical (unpaired) electrons. The van der Waals surface area contributed by atoms with Gasteiger partial charge in [0.1, 0.15) is 17.0 Å². The third-order valence-electron chi connectivity index (χ3n) is 5.29. The predicted octanol–water partition coefficient (Wildman–Crippen LogP) is 4.20. The molecule has 0 bridgehead atoms. The van der Waals surface area contributed by atoms with Crippen molar-refractivity contribution in [2.24, 2.45) is 0 Å². The van der Waals surface area contributed by atoms with Crippen LogP contribution in [0.15, 0.2) is 12.1 Å². The number of benzene rings is 1. The molecule has 4 rings (SSSR count). The fourth-order valence-electron chi connectivity index (χ4n) is 3.75. The number of thiazole rings is 1. The molecule has 2 aromatic heterocycles. The van der Waals surface area contributed by atoms with Gasteiger partial charge in [0.15, 0.2) is 16.6 Å². The lowest BCUT2D eigenvalue weighted by molar-refractivity contribution is 0.0225. The molecule has 1 aliphatic rings. The van der Waals surface area contributed by atoms with Crippen LogP contribution in [0.5, 0.6) is 17.2 Å². The van der Waals surface area contributed by atoms with Gasteiger partial charge in [0.25, 0.3) is 5.91 Å². The molecule has 1 aliphatic heterocycles. The minimum Gasteiger partial charge on any atom is -0.496 e. The number of amides is 2. The lowest BCUT2D eigenvalue weighted by Gasteiger charge is -2.29. The summed E-state index contributed by atoms with van der Waals surface area (Å²) in [5.74, 6) is 1.16. The quantitative estimate of drug-likeness (QED) is 0.553. The number of aromatic amines is 1. The van der Waals surface area contributed by atoms with E-state index in [0.29, 0.717) is 58.5 Å². The second-order valence-electron chi connectivity index (χ2n) is 8.78. The Morgan fingerprint density at radius 1 is 1.12 bits per heavy atom. The number of H-pyrrole nitrogens is 1. The summed E-state index contributed by atoms with van der Waals surface area (Å²) in [6.45, 7) is 6.44. The number of ether oxygens (including phenoxy) is 4. The molecule has 3 aromatic rings. The minimum atomic E-state index is -0.556. The van der Waals surface area contributed by atoms with Crippen molar-refractivity contribution in [2.45, 2.75) is 39.3 Å². The van der Waals surface area contributed by atoms with E-state index in [0.717, 1.165) is 10.6 Å². The van der Waals surface area contributed by atoms with E-state index in [1.807, 2.05) is 20.8 Å². The summed E-state index contributed by atoms with van der Waals surface area (Å²) >= 11 is 1.35. The van der Waals surface area contributed by atoms with Crippen molar-refractivity contribution in [3.05, 3.63) is 28.4 Å². The highest BCUT2D eigenvalue weighted by Gasteiger charge is 2.28. The maximum atomic E-state index is 13.0. The van der Waals surface area contributed by atoms with Gasteiger partial charge in [-0.3, -0.25) is 10.1 Å². The van der Waals surface area contributed by atoms with Crippen LogP contribution in [0.25, 0.3) is 10.9 Å². The molecule has 0 spiro atoms. The van der Waals surface area contributed by atoms with Gasteiger partial charge in [-0.2, -0.15) is 0 Å². The summed E-state index contributed by atoms with van der Waals surface area (Å²) in [5.41, 5.74) is 1.24. The van der Waals surface area contributed by atoms with Gasteiger partial charge < -0.3 is 28.8 Å². The zero-order valence-electron chi connectivity index (χ0n) is 20.0. The number of anilines is 1. The molecule has 0 aliphatic carbocycles. The number of carbonyl (C=O) groups excluding carboxylic acids is 2. The second-order valence-corrected chi connectivity index (χ2v) is 9.86. The molecule has 34 heavy (non-hydrogen) atoms. The molecule has 10 nitrogen and oxygen atoms in total. The van der Waals surface area contributed by atoms with Crippen LogP contribution in [0, 0.1) is 0 Å². The van der Waals surface area contributed by atoms with E-state index < -0.39 is 5.60 Å². The Morgan fingerprint density at radius 2 is 1.85 bits per heavy atom. The zero-order chi connectivity index (χ0) is 24.6. The molecule has 2 amide bonds. The Morgan fingerprint density at radius 3 is 2.50 bits per heavy atom. The average Bonchev–Trinajstić information content (AvgIpc) is 3.40. The summed E-state index contributed by atoms with van der Waals surface area (Å²) in [6, 6.07) is 3.41. The molecule has 0 fully saturated rings. The van der Waals surface area contributed by atoms with Gasteiger partial charge in [0.05, 0.1) is 39.1 Å². The highest BCUT2D eigenvalue weighted by molar-refractivity contribution is 7.15. The van der Waals surface area contributed by atoms with Crippen molar-refractivity contribution in [3.8, 4) is 17.2 Å². The molecule has 3 heterocycles. The molecule has 11 heteroatoms. The van der Waals surface area contributed by atoms with Crippen LogP contribution in [0.3, 0.4) is 0 Å². The van der Waals surface area contributed by atoms with E-state index in [-0.39, 0.29) is 12.0 Å². The smallest absolute Gasteiger partial charge is 0.410 e.